The minimum atomic E-state index is -0.314. The largest absolute Gasteiger partial charge is 0.379 e. The molecule has 0 radical (unpaired) electrons. The standard InChI is InChI=1S/C8H18N2O/c1-6-4-7(10(2)3)5-8(11)9-6/h6-9,11H,4-5H2,1-3H3/t6-,7+,8+/m1/s1. The number of aliphatic hydroxyl groups is 1. The number of nitrogens with zero attached hydrogens (tertiary/aromatic N) is 1. The van der Waals surface area contributed by atoms with Gasteiger partial charge < -0.3 is 10.0 Å². The molecule has 1 fully saturated rings. The molecule has 0 bridgehead atoms. The molecular formula is C8H18N2O. The van der Waals surface area contributed by atoms with Crippen LogP contribution in [-0.2, 0) is 0 Å². The molecule has 66 valence electrons. The lowest BCUT2D eigenvalue weighted by Crippen LogP contribution is -2.49. The molecule has 2 N–H and O–H groups in total. The van der Waals surface area contributed by atoms with Crippen molar-refractivity contribution in [1.82, 2.24) is 10.2 Å². The van der Waals surface area contributed by atoms with Crippen LogP contribution in [0.15, 0.2) is 0 Å². The van der Waals surface area contributed by atoms with Crippen LogP contribution in [-0.4, -0.2) is 42.4 Å². The van der Waals surface area contributed by atoms with Crippen molar-refractivity contribution >= 4 is 0 Å². The molecule has 0 unspecified atom stereocenters. The quantitative estimate of drug-likeness (QED) is 0.564. The fraction of sp³-hybridized carbons (Fsp3) is 1.00. The minimum Gasteiger partial charge on any atom is -0.379 e. The van der Waals surface area contributed by atoms with Crippen molar-refractivity contribution in [2.75, 3.05) is 14.1 Å². The summed E-state index contributed by atoms with van der Waals surface area (Å²) in [6, 6.07) is 0.965. The van der Waals surface area contributed by atoms with E-state index in [1.807, 2.05) is 0 Å². The minimum absolute atomic E-state index is 0.314. The molecule has 0 amide bonds. The van der Waals surface area contributed by atoms with Crippen molar-refractivity contribution in [3.05, 3.63) is 0 Å². The zero-order chi connectivity index (χ0) is 8.43. The number of piperidine rings is 1. The van der Waals surface area contributed by atoms with Gasteiger partial charge in [0.05, 0.1) is 0 Å². The fourth-order valence-corrected chi connectivity index (χ4v) is 1.65. The van der Waals surface area contributed by atoms with Gasteiger partial charge in [0.1, 0.15) is 6.23 Å². The Labute approximate surface area is 68.4 Å². The Kier molecular flexibility index (Phi) is 2.87. The molecule has 1 aliphatic rings. The van der Waals surface area contributed by atoms with Crippen LogP contribution in [0.4, 0.5) is 0 Å². The van der Waals surface area contributed by atoms with E-state index in [9.17, 15) is 5.11 Å². The summed E-state index contributed by atoms with van der Waals surface area (Å²) in [6.45, 7) is 2.11. The molecule has 3 heteroatoms. The number of nitrogens with one attached hydrogen (secondary N) is 1. The molecule has 1 aliphatic heterocycles. The maximum Gasteiger partial charge on any atom is 0.106 e. The molecule has 1 saturated heterocycles. The van der Waals surface area contributed by atoms with Gasteiger partial charge in [0.15, 0.2) is 0 Å². The van der Waals surface area contributed by atoms with E-state index in [0.29, 0.717) is 12.1 Å². The normalized spacial score (nSPS) is 39.5. The lowest BCUT2D eigenvalue weighted by Gasteiger charge is -2.35. The topological polar surface area (TPSA) is 35.5 Å². The van der Waals surface area contributed by atoms with Crippen molar-refractivity contribution < 1.29 is 5.11 Å². The highest BCUT2D eigenvalue weighted by atomic mass is 16.3. The van der Waals surface area contributed by atoms with Crippen molar-refractivity contribution in [3.63, 3.8) is 0 Å². The summed E-state index contributed by atoms with van der Waals surface area (Å²) in [7, 11) is 4.13. The molecule has 0 spiro atoms. The summed E-state index contributed by atoms with van der Waals surface area (Å²) in [5.74, 6) is 0. The van der Waals surface area contributed by atoms with Gasteiger partial charge >= 0.3 is 0 Å². The molecule has 3 atom stereocenters. The van der Waals surface area contributed by atoms with Crippen molar-refractivity contribution in [1.29, 1.82) is 0 Å². The average molecular weight is 158 g/mol. The van der Waals surface area contributed by atoms with Crippen LogP contribution in [0.5, 0.6) is 0 Å². The average Bonchev–Trinajstić information content (AvgIpc) is 1.85. The van der Waals surface area contributed by atoms with Crippen LogP contribution < -0.4 is 5.32 Å². The highest BCUT2D eigenvalue weighted by Crippen LogP contribution is 2.15. The third-order valence-electron chi connectivity index (χ3n) is 2.33. The Hall–Kier alpha value is -0.120. The van der Waals surface area contributed by atoms with Gasteiger partial charge in [0, 0.05) is 18.5 Å². The number of aliphatic hydroxyl groups excluding tert-OH is 1. The first-order chi connectivity index (χ1) is 5.09. The van der Waals surface area contributed by atoms with Crippen LogP contribution in [0, 0.1) is 0 Å². The molecule has 0 aromatic heterocycles. The lowest BCUT2D eigenvalue weighted by atomic mass is 9.99. The zero-order valence-corrected chi connectivity index (χ0v) is 7.54. The van der Waals surface area contributed by atoms with Gasteiger partial charge in [-0.25, -0.2) is 0 Å². The third kappa shape index (κ3) is 2.43. The Bertz CT molecular complexity index is 117. The third-order valence-corrected chi connectivity index (χ3v) is 2.33. The smallest absolute Gasteiger partial charge is 0.106 e. The van der Waals surface area contributed by atoms with Crippen LogP contribution >= 0.6 is 0 Å². The van der Waals surface area contributed by atoms with Gasteiger partial charge in [0.25, 0.3) is 0 Å². The second-order valence-corrected chi connectivity index (χ2v) is 3.67. The summed E-state index contributed by atoms with van der Waals surface area (Å²) >= 11 is 0. The molecule has 0 aromatic carbocycles. The van der Waals surface area contributed by atoms with Crippen LogP contribution in [0.2, 0.25) is 0 Å². The summed E-state index contributed by atoms with van der Waals surface area (Å²) in [5.41, 5.74) is 0. The Morgan fingerprint density at radius 3 is 2.45 bits per heavy atom. The second-order valence-electron chi connectivity index (χ2n) is 3.67. The predicted molar refractivity (Wildman–Crippen MR) is 45.3 cm³/mol. The Morgan fingerprint density at radius 2 is 2.00 bits per heavy atom. The highest BCUT2D eigenvalue weighted by molar-refractivity contribution is 4.81. The molecule has 0 saturated carbocycles. The maximum atomic E-state index is 9.36. The van der Waals surface area contributed by atoms with E-state index < -0.39 is 0 Å². The first-order valence-electron chi connectivity index (χ1n) is 4.20. The van der Waals surface area contributed by atoms with Gasteiger partial charge in [-0.3, -0.25) is 5.32 Å². The van der Waals surface area contributed by atoms with Gasteiger partial charge in [-0.1, -0.05) is 0 Å². The molecule has 0 aromatic rings. The van der Waals surface area contributed by atoms with Gasteiger partial charge in [-0.05, 0) is 27.4 Å². The summed E-state index contributed by atoms with van der Waals surface area (Å²) in [4.78, 5) is 2.18. The van der Waals surface area contributed by atoms with Crippen molar-refractivity contribution in [2.24, 2.45) is 0 Å². The molecule has 1 heterocycles. The first-order valence-corrected chi connectivity index (χ1v) is 4.20. The predicted octanol–water partition coefficient (Wildman–Crippen LogP) is 0.00690. The van der Waals surface area contributed by atoms with E-state index in [2.05, 4.69) is 31.2 Å². The van der Waals surface area contributed by atoms with Gasteiger partial charge in [0.2, 0.25) is 0 Å². The van der Waals surface area contributed by atoms with Crippen molar-refractivity contribution in [2.45, 2.75) is 38.1 Å². The Balaban J connectivity index is 2.43. The lowest BCUT2D eigenvalue weighted by molar-refractivity contribution is 0.0467. The molecule has 11 heavy (non-hydrogen) atoms. The van der Waals surface area contributed by atoms with E-state index in [1.165, 1.54) is 0 Å². The van der Waals surface area contributed by atoms with E-state index in [4.69, 9.17) is 0 Å². The number of hydrogen-bond donors (Lipinski definition) is 2. The molecular weight excluding hydrogens is 140 g/mol. The number of rotatable bonds is 1. The van der Waals surface area contributed by atoms with Crippen LogP contribution in [0.3, 0.4) is 0 Å². The first kappa shape index (κ1) is 8.97. The van der Waals surface area contributed by atoms with Gasteiger partial charge in [-0.2, -0.15) is 0 Å². The van der Waals surface area contributed by atoms with Gasteiger partial charge in [-0.15, -0.1) is 0 Å². The number of hydrogen-bond acceptors (Lipinski definition) is 3. The SMILES string of the molecule is C[C@@H]1C[C@H](N(C)C)C[C@H](O)N1. The van der Waals surface area contributed by atoms with E-state index in [-0.39, 0.29) is 6.23 Å². The monoisotopic (exact) mass is 158 g/mol. The second kappa shape index (κ2) is 3.52. The van der Waals surface area contributed by atoms with Crippen LogP contribution in [0.25, 0.3) is 0 Å². The Morgan fingerprint density at radius 1 is 1.36 bits per heavy atom. The van der Waals surface area contributed by atoms with E-state index in [0.717, 1.165) is 12.8 Å². The summed E-state index contributed by atoms with van der Waals surface area (Å²) in [6.07, 6.45) is 1.66. The van der Waals surface area contributed by atoms with E-state index >= 15 is 0 Å². The summed E-state index contributed by atoms with van der Waals surface area (Å²) in [5, 5.41) is 12.5. The molecule has 0 aliphatic carbocycles. The van der Waals surface area contributed by atoms with Crippen LogP contribution in [0.1, 0.15) is 19.8 Å². The highest BCUT2D eigenvalue weighted by Gasteiger charge is 2.25. The van der Waals surface area contributed by atoms with Crippen molar-refractivity contribution in [3.8, 4) is 0 Å². The maximum absolute atomic E-state index is 9.36. The summed E-state index contributed by atoms with van der Waals surface area (Å²) < 4.78 is 0. The fourth-order valence-electron chi connectivity index (χ4n) is 1.65. The zero-order valence-electron chi connectivity index (χ0n) is 7.54. The molecule has 1 rings (SSSR count). The molecule has 3 nitrogen and oxygen atoms in total. The van der Waals surface area contributed by atoms with E-state index in [1.54, 1.807) is 0 Å².